The van der Waals surface area contributed by atoms with Crippen molar-refractivity contribution in [3.8, 4) is 5.88 Å². The van der Waals surface area contributed by atoms with Crippen LogP contribution in [0, 0.1) is 0 Å². The van der Waals surface area contributed by atoms with E-state index in [-0.39, 0.29) is 25.5 Å². The molecule has 0 fully saturated rings. The summed E-state index contributed by atoms with van der Waals surface area (Å²) in [7, 11) is 0. The molecule has 0 amide bonds. The Morgan fingerprint density at radius 1 is 1.31 bits per heavy atom. The van der Waals surface area contributed by atoms with Crippen molar-refractivity contribution in [3.05, 3.63) is 18.1 Å². The summed E-state index contributed by atoms with van der Waals surface area (Å²) in [6, 6.07) is 0. The van der Waals surface area contributed by atoms with Crippen LogP contribution in [-0.4, -0.2) is 27.9 Å². The standard InChI is InChI=1S/C9H11F3N2O2/c10-9(11,12)2-1-3-16-8-5-13-4-7(6-15)14-8/h4-5,15H,1-3,6H2. The molecular weight excluding hydrogens is 225 g/mol. The van der Waals surface area contributed by atoms with Crippen LogP contribution < -0.4 is 4.74 Å². The molecule has 1 aromatic rings. The van der Waals surface area contributed by atoms with Gasteiger partial charge in [0.05, 0.1) is 31.3 Å². The summed E-state index contributed by atoms with van der Waals surface area (Å²) in [5.74, 6) is 0.119. The molecule has 0 aliphatic heterocycles. The van der Waals surface area contributed by atoms with Gasteiger partial charge in [0.15, 0.2) is 0 Å². The highest BCUT2D eigenvalue weighted by atomic mass is 19.4. The molecule has 0 saturated heterocycles. The molecule has 1 N–H and O–H groups in total. The Morgan fingerprint density at radius 2 is 2.06 bits per heavy atom. The first-order chi connectivity index (χ1) is 7.51. The zero-order chi connectivity index (χ0) is 12.0. The van der Waals surface area contributed by atoms with Crippen molar-refractivity contribution in [2.45, 2.75) is 25.6 Å². The molecule has 1 aromatic heterocycles. The lowest BCUT2D eigenvalue weighted by Crippen LogP contribution is -2.10. The van der Waals surface area contributed by atoms with Gasteiger partial charge in [-0.2, -0.15) is 13.2 Å². The quantitative estimate of drug-likeness (QED) is 0.790. The third-order valence-electron chi connectivity index (χ3n) is 1.68. The van der Waals surface area contributed by atoms with Gasteiger partial charge in [0.2, 0.25) is 5.88 Å². The first-order valence-electron chi connectivity index (χ1n) is 4.62. The first-order valence-corrected chi connectivity index (χ1v) is 4.62. The Kier molecular flexibility index (Phi) is 4.48. The van der Waals surface area contributed by atoms with E-state index in [4.69, 9.17) is 9.84 Å². The lowest BCUT2D eigenvalue weighted by Gasteiger charge is -2.07. The van der Waals surface area contributed by atoms with Crippen LogP contribution in [0.3, 0.4) is 0 Å². The highest BCUT2D eigenvalue weighted by Crippen LogP contribution is 2.21. The molecule has 0 atom stereocenters. The van der Waals surface area contributed by atoms with Gasteiger partial charge in [0, 0.05) is 6.42 Å². The number of nitrogens with zero attached hydrogens (tertiary/aromatic N) is 2. The molecule has 0 radical (unpaired) electrons. The summed E-state index contributed by atoms with van der Waals surface area (Å²) in [5.41, 5.74) is 0.313. The fraction of sp³-hybridized carbons (Fsp3) is 0.556. The van der Waals surface area contributed by atoms with E-state index in [9.17, 15) is 13.2 Å². The minimum atomic E-state index is -4.16. The molecule has 1 rings (SSSR count). The maximum Gasteiger partial charge on any atom is 0.389 e. The number of rotatable bonds is 5. The summed E-state index contributed by atoms with van der Waals surface area (Å²) >= 11 is 0. The van der Waals surface area contributed by atoms with Crippen LogP contribution in [0.1, 0.15) is 18.5 Å². The number of alkyl halides is 3. The summed E-state index contributed by atoms with van der Waals surface area (Å²) in [4.78, 5) is 7.52. The molecule has 0 unspecified atom stereocenters. The fourth-order valence-electron chi connectivity index (χ4n) is 0.981. The van der Waals surface area contributed by atoms with Crippen molar-refractivity contribution in [3.63, 3.8) is 0 Å². The molecule has 16 heavy (non-hydrogen) atoms. The average Bonchev–Trinajstić information content (AvgIpc) is 2.23. The number of hydrogen-bond acceptors (Lipinski definition) is 4. The number of halogens is 3. The topological polar surface area (TPSA) is 55.2 Å². The minimum absolute atomic E-state index is 0.0803. The predicted molar refractivity (Wildman–Crippen MR) is 48.7 cm³/mol. The van der Waals surface area contributed by atoms with Crippen LogP contribution in [0.5, 0.6) is 5.88 Å². The van der Waals surface area contributed by atoms with E-state index in [1.807, 2.05) is 0 Å². The van der Waals surface area contributed by atoms with E-state index in [2.05, 4.69) is 9.97 Å². The molecular formula is C9H11F3N2O2. The van der Waals surface area contributed by atoms with E-state index < -0.39 is 12.6 Å². The van der Waals surface area contributed by atoms with Gasteiger partial charge in [-0.05, 0) is 6.42 Å². The summed E-state index contributed by atoms with van der Waals surface area (Å²) < 4.78 is 40.3. The van der Waals surface area contributed by atoms with Gasteiger partial charge in [-0.1, -0.05) is 0 Å². The van der Waals surface area contributed by atoms with Gasteiger partial charge >= 0.3 is 6.18 Å². The molecule has 4 nitrogen and oxygen atoms in total. The predicted octanol–water partition coefficient (Wildman–Crippen LogP) is 1.69. The number of hydrogen-bond donors (Lipinski definition) is 1. The van der Waals surface area contributed by atoms with Crippen LogP contribution in [0.25, 0.3) is 0 Å². The largest absolute Gasteiger partial charge is 0.477 e. The smallest absolute Gasteiger partial charge is 0.389 e. The third-order valence-corrected chi connectivity index (χ3v) is 1.68. The molecule has 1 heterocycles. The van der Waals surface area contributed by atoms with Crippen molar-refractivity contribution < 1.29 is 23.0 Å². The van der Waals surface area contributed by atoms with Crippen molar-refractivity contribution in [2.75, 3.05) is 6.61 Å². The molecule has 0 aliphatic rings. The Balaban J connectivity index is 2.32. The van der Waals surface area contributed by atoms with E-state index in [0.717, 1.165) is 0 Å². The summed E-state index contributed by atoms with van der Waals surface area (Å²) in [5, 5.41) is 8.73. The molecule has 7 heteroatoms. The lowest BCUT2D eigenvalue weighted by molar-refractivity contribution is -0.136. The summed E-state index contributed by atoms with van der Waals surface area (Å²) in [6.07, 6.45) is -2.55. The van der Waals surface area contributed by atoms with Crippen molar-refractivity contribution in [1.29, 1.82) is 0 Å². The van der Waals surface area contributed by atoms with Gasteiger partial charge in [-0.3, -0.25) is 4.98 Å². The van der Waals surface area contributed by atoms with Crippen LogP contribution in [0.2, 0.25) is 0 Å². The van der Waals surface area contributed by atoms with Crippen molar-refractivity contribution in [2.24, 2.45) is 0 Å². The van der Waals surface area contributed by atoms with Crippen LogP contribution in [0.4, 0.5) is 13.2 Å². The molecule has 0 bridgehead atoms. The highest BCUT2D eigenvalue weighted by molar-refractivity contribution is 5.07. The van der Waals surface area contributed by atoms with Crippen molar-refractivity contribution in [1.82, 2.24) is 9.97 Å². The normalized spacial score (nSPS) is 11.5. The van der Waals surface area contributed by atoms with Gasteiger partial charge in [-0.15, -0.1) is 0 Å². The second kappa shape index (κ2) is 5.64. The monoisotopic (exact) mass is 236 g/mol. The van der Waals surface area contributed by atoms with Gasteiger partial charge in [0.1, 0.15) is 0 Å². The lowest BCUT2D eigenvalue weighted by atomic mass is 10.3. The van der Waals surface area contributed by atoms with E-state index >= 15 is 0 Å². The Morgan fingerprint density at radius 3 is 2.69 bits per heavy atom. The van der Waals surface area contributed by atoms with E-state index in [1.165, 1.54) is 12.4 Å². The molecule has 0 saturated carbocycles. The zero-order valence-corrected chi connectivity index (χ0v) is 8.37. The van der Waals surface area contributed by atoms with Crippen LogP contribution in [0.15, 0.2) is 12.4 Å². The zero-order valence-electron chi connectivity index (χ0n) is 8.37. The average molecular weight is 236 g/mol. The second-order valence-corrected chi connectivity index (χ2v) is 3.07. The van der Waals surface area contributed by atoms with E-state index in [1.54, 1.807) is 0 Å². The SMILES string of the molecule is OCc1cncc(OCCCC(F)(F)F)n1. The second-order valence-electron chi connectivity index (χ2n) is 3.07. The highest BCUT2D eigenvalue weighted by Gasteiger charge is 2.26. The molecule has 0 aromatic carbocycles. The van der Waals surface area contributed by atoms with Gasteiger partial charge < -0.3 is 9.84 Å². The van der Waals surface area contributed by atoms with Gasteiger partial charge in [0.25, 0.3) is 0 Å². The number of aliphatic hydroxyl groups is 1. The molecule has 0 spiro atoms. The van der Waals surface area contributed by atoms with E-state index in [0.29, 0.717) is 5.69 Å². The van der Waals surface area contributed by atoms with Gasteiger partial charge in [-0.25, -0.2) is 4.98 Å². The van der Waals surface area contributed by atoms with Crippen molar-refractivity contribution >= 4 is 0 Å². The third kappa shape index (κ3) is 4.92. The maximum absolute atomic E-state index is 11.8. The first kappa shape index (κ1) is 12.7. The minimum Gasteiger partial charge on any atom is -0.477 e. The number of ether oxygens (including phenoxy) is 1. The molecule has 90 valence electrons. The van der Waals surface area contributed by atoms with Crippen LogP contribution in [-0.2, 0) is 6.61 Å². The Bertz CT molecular complexity index is 331. The maximum atomic E-state index is 11.8. The number of aromatic nitrogens is 2. The van der Waals surface area contributed by atoms with Crippen LogP contribution >= 0.6 is 0 Å². The Hall–Kier alpha value is -1.37. The Labute approximate surface area is 90.1 Å². The molecule has 0 aliphatic carbocycles. The fourth-order valence-corrected chi connectivity index (χ4v) is 0.981. The summed E-state index contributed by atoms with van der Waals surface area (Å²) in [6.45, 7) is -0.365. The number of aliphatic hydroxyl groups excluding tert-OH is 1.